The molecule has 2 aromatic rings. The van der Waals surface area contributed by atoms with E-state index < -0.39 is 0 Å². The van der Waals surface area contributed by atoms with Gasteiger partial charge in [0.1, 0.15) is 0 Å². The fraction of sp³-hybridized carbons (Fsp3) is 0.600. The molecule has 1 saturated heterocycles. The first-order valence-electron chi connectivity index (χ1n) is 9.19. The predicted octanol–water partition coefficient (Wildman–Crippen LogP) is 3.29. The van der Waals surface area contributed by atoms with Gasteiger partial charge in [-0.25, -0.2) is 4.98 Å². The Morgan fingerprint density at radius 1 is 1.24 bits per heavy atom. The van der Waals surface area contributed by atoms with Crippen LogP contribution in [0.2, 0.25) is 0 Å². The second-order valence-corrected chi connectivity index (χ2v) is 8.33. The van der Waals surface area contributed by atoms with Gasteiger partial charge >= 0.3 is 0 Å². The van der Waals surface area contributed by atoms with E-state index in [2.05, 4.69) is 34.7 Å². The number of anilines is 1. The van der Waals surface area contributed by atoms with Crippen molar-refractivity contribution in [3.8, 4) is 0 Å². The standard InChI is InChI=1S/C20H30N4O/c1-20(2,3)18(25)22(4)14-15-10-12-24(13-11-15)19-21-16-8-6-7-9-17(16)23(19)5/h6-9,15H,10-14H2,1-5H3. The number of carbonyl (C=O) groups is 1. The molecule has 0 spiro atoms. The number of amides is 1. The number of fused-ring (bicyclic) bond motifs is 1. The number of nitrogens with zero attached hydrogens (tertiary/aromatic N) is 4. The number of piperidine rings is 1. The van der Waals surface area contributed by atoms with Gasteiger partial charge < -0.3 is 14.4 Å². The maximum Gasteiger partial charge on any atom is 0.227 e. The molecule has 5 nitrogen and oxygen atoms in total. The monoisotopic (exact) mass is 342 g/mol. The molecule has 136 valence electrons. The number of hydrogen-bond acceptors (Lipinski definition) is 3. The molecule has 1 aliphatic heterocycles. The van der Waals surface area contributed by atoms with Gasteiger partial charge in [-0.3, -0.25) is 4.79 Å². The largest absolute Gasteiger partial charge is 0.345 e. The summed E-state index contributed by atoms with van der Waals surface area (Å²) in [4.78, 5) is 21.5. The molecule has 2 heterocycles. The molecule has 25 heavy (non-hydrogen) atoms. The Bertz CT molecular complexity index is 751. The number of aryl methyl sites for hydroxylation is 1. The third-order valence-electron chi connectivity index (χ3n) is 5.18. The molecule has 1 aromatic carbocycles. The normalized spacial score (nSPS) is 16.4. The van der Waals surface area contributed by atoms with Gasteiger partial charge in [-0.15, -0.1) is 0 Å². The molecule has 1 amide bonds. The van der Waals surface area contributed by atoms with Crippen LogP contribution in [0, 0.1) is 11.3 Å². The van der Waals surface area contributed by atoms with Crippen molar-refractivity contribution in [2.45, 2.75) is 33.6 Å². The summed E-state index contributed by atoms with van der Waals surface area (Å²) < 4.78 is 2.19. The fourth-order valence-corrected chi connectivity index (χ4v) is 3.77. The van der Waals surface area contributed by atoms with Gasteiger partial charge in [0.05, 0.1) is 11.0 Å². The summed E-state index contributed by atoms with van der Waals surface area (Å²) in [6.07, 6.45) is 2.20. The zero-order valence-corrected chi connectivity index (χ0v) is 16.1. The van der Waals surface area contributed by atoms with Gasteiger partial charge in [-0.1, -0.05) is 32.9 Å². The van der Waals surface area contributed by atoms with Crippen molar-refractivity contribution in [2.75, 3.05) is 31.6 Å². The van der Waals surface area contributed by atoms with Crippen LogP contribution < -0.4 is 4.90 Å². The highest BCUT2D eigenvalue weighted by molar-refractivity contribution is 5.81. The van der Waals surface area contributed by atoms with Crippen molar-refractivity contribution >= 4 is 22.9 Å². The first kappa shape index (κ1) is 17.8. The molecule has 1 aliphatic rings. The highest BCUT2D eigenvalue weighted by atomic mass is 16.2. The molecule has 1 aromatic heterocycles. The van der Waals surface area contributed by atoms with E-state index in [4.69, 9.17) is 4.98 Å². The second-order valence-electron chi connectivity index (χ2n) is 8.33. The Labute approximate surface area is 150 Å². The van der Waals surface area contributed by atoms with E-state index in [1.54, 1.807) is 0 Å². The van der Waals surface area contributed by atoms with Crippen molar-refractivity contribution in [1.29, 1.82) is 0 Å². The van der Waals surface area contributed by atoms with Crippen LogP contribution in [-0.4, -0.2) is 47.0 Å². The minimum Gasteiger partial charge on any atom is -0.345 e. The molecule has 5 heteroatoms. The van der Waals surface area contributed by atoms with Gasteiger partial charge in [0.15, 0.2) is 0 Å². The Kier molecular flexibility index (Phi) is 4.76. The lowest BCUT2D eigenvalue weighted by molar-refractivity contribution is -0.138. The molecule has 0 aliphatic carbocycles. The molecule has 0 bridgehead atoms. The van der Waals surface area contributed by atoms with E-state index in [0.717, 1.165) is 43.9 Å². The number of rotatable bonds is 3. The van der Waals surface area contributed by atoms with Crippen LogP contribution in [0.3, 0.4) is 0 Å². The third-order valence-corrected chi connectivity index (χ3v) is 5.18. The highest BCUT2D eigenvalue weighted by Gasteiger charge is 2.28. The van der Waals surface area contributed by atoms with E-state index >= 15 is 0 Å². The summed E-state index contributed by atoms with van der Waals surface area (Å²) >= 11 is 0. The summed E-state index contributed by atoms with van der Waals surface area (Å²) in [5, 5.41) is 0. The summed E-state index contributed by atoms with van der Waals surface area (Å²) in [7, 11) is 4.03. The Hall–Kier alpha value is -2.04. The minimum absolute atomic E-state index is 0.227. The number of hydrogen-bond donors (Lipinski definition) is 0. The number of aromatic nitrogens is 2. The number of imidazole rings is 1. The summed E-state index contributed by atoms with van der Waals surface area (Å²) in [6.45, 7) is 8.81. The zero-order chi connectivity index (χ0) is 18.2. The average Bonchev–Trinajstić information content (AvgIpc) is 2.91. The van der Waals surface area contributed by atoms with E-state index in [0.29, 0.717) is 5.92 Å². The summed E-state index contributed by atoms with van der Waals surface area (Å²) in [5.41, 5.74) is 1.93. The molecular weight excluding hydrogens is 312 g/mol. The Morgan fingerprint density at radius 2 is 1.88 bits per heavy atom. The molecule has 0 N–H and O–H groups in total. The van der Waals surface area contributed by atoms with Crippen molar-refractivity contribution in [3.05, 3.63) is 24.3 Å². The van der Waals surface area contributed by atoms with Gasteiger partial charge in [-0.2, -0.15) is 0 Å². The molecular formula is C20H30N4O. The van der Waals surface area contributed by atoms with Gasteiger partial charge in [0.25, 0.3) is 0 Å². The summed E-state index contributed by atoms with van der Waals surface area (Å²) in [5.74, 6) is 1.85. The molecule has 0 atom stereocenters. The topological polar surface area (TPSA) is 41.4 Å². The van der Waals surface area contributed by atoms with Crippen molar-refractivity contribution in [1.82, 2.24) is 14.5 Å². The van der Waals surface area contributed by atoms with Gasteiger partial charge in [0, 0.05) is 39.1 Å². The van der Waals surface area contributed by atoms with Crippen molar-refractivity contribution in [3.63, 3.8) is 0 Å². The molecule has 0 saturated carbocycles. The van der Waals surface area contributed by atoms with Crippen molar-refractivity contribution < 1.29 is 4.79 Å². The highest BCUT2D eigenvalue weighted by Crippen LogP contribution is 2.27. The molecule has 1 fully saturated rings. The third kappa shape index (κ3) is 3.65. The van der Waals surface area contributed by atoms with Crippen molar-refractivity contribution in [2.24, 2.45) is 18.4 Å². The Balaban J connectivity index is 1.62. The van der Waals surface area contributed by atoms with Gasteiger partial charge in [-0.05, 0) is 30.9 Å². The quantitative estimate of drug-likeness (QED) is 0.859. The lowest BCUT2D eigenvalue weighted by atomic mass is 9.92. The van der Waals surface area contributed by atoms with E-state index in [9.17, 15) is 4.79 Å². The maximum absolute atomic E-state index is 12.4. The lowest BCUT2D eigenvalue weighted by Crippen LogP contribution is -2.43. The fourth-order valence-electron chi connectivity index (χ4n) is 3.77. The second kappa shape index (κ2) is 6.70. The van der Waals surface area contributed by atoms with Crippen LogP contribution in [0.15, 0.2) is 24.3 Å². The first-order chi connectivity index (χ1) is 11.8. The minimum atomic E-state index is -0.303. The maximum atomic E-state index is 12.4. The van der Waals surface area contributed by atoms with Crippen LogP contribution in [-0.2, 0) is 11.8 Å². The predicted molar refractivity (Wildman–Crippen MR) is 103 cm³/mol. The lowest BCUT2D eigenvalue weighted by Gasteiger charge is -2.35. The van der Waals surface area contributed by atoms with Gasteiger partial charge in [0.2, 0.25) is 11.9 Å². The number of carbonyl (C=O) groups excluding carboxylic acids is 1. The van der Waals surface area contributed by atoms with E-state index in [-0.39, 0.29) is 11.3 Å². The Morgan fingerprint density at radius 3 is 2.48 bits per heavy atom. The SMILES string of the molecule is CN(CC1CCN(c2nc3ccccc3n2C)CC1)C(=O)C(C)(C)C. The van der Waals surface area contributed by atoms with Crippen LogP contribution in [0.4, 0.5) is 5.95 Å². The van der Waals surface area contributed by atoms with Crippen LogP contribution in [0.25, 0.3) is 11.0 Å². The average molecular weight is 342 g/mol. The van der Waals surface area contributed by atoms with E-state index in [1.807, 2.05) is 38.8 Å². The first-order valence-corrected chi connectivity index (χ1v) is 9.19. The molecule has 0 unspecified atom stereocenters. The van der Waals surface area contributed by atoms with E-state index in [1.165, 1.54) is 5.52 Å². The van der Waals surface area contributed by atoms with Crippen LogP contribution in [0.1, 0.15) is 33.6 Å². The smallest absolute Gasteiger partial charge is 0.227 e. The number of para-hydroxylation sites is 2. The van der Waals surface area contributed by atoms with Crippen LogP contribution >= 0.6 is 0 Å². The summed E-state index contributed by atoms with van der Waals surface area (Å²) in [6, 6.07) is 8.28. The van der Waals surface area contributed by atoms with Crippen LogP contribution in [0.5, 0.6) is 0 Å². The number of benzene rings is 1. The molecule has 0 radical (unpaired) electrons. The zero-order valence-electron chi connectivity index (χ0n) is 16.1. The molecule has 3 rings (SSSR count).